The van der Waals surface area contributed by atoms with Crippen molar-refractivity contribution in [2.45, 2.75) is 33.3 Å². The molecule has 0 aliphatic heterocycles. The van der Waals surface area contributed by atoms with Crippen molar-refractivity contribution >= 4 is 23.3 Å². The molecule has 3 rings (SSSR count). The molecule has 0 saturated carbocycles. The van der Waals surface area contributed by atoms with E-state index in [1.165, 1.54) is 26.0 Å². The van der Waals surface area contributed by atoms with Crippen LogP contribution >= 0.6 is 11.6 Å². The van der Waals surface area contributed by atoms with Gasteiger partial charge in [0.2, 0.25) is 5.62 Å². The molecule has 0 aliphatic rings. The van der Waals surface area contributed by atoms with Gasteiger partial charge in [0.25, 0.3) is 0 Å². The molecular weight excluding hydrogens is 493 g/mol. The number of carbonyl (C=O) groups is 1. The largest absolute Gasteiger partial charge is 0.573 e. The summed E-state index contributed by atoms with van der Waals surface area (Å²) in [5, 5.41) is 9.86. The van der Waals surface area contributed by atoms with Crippen LogP contribution in [0.1, 0.15) is 19.4 Å². The molecule has 0 spiro atoms. The molecule has 13 heteroatoms. The lowest BCUT2D eigenvalue weighted by molar-refractivity contribution is -0.274. The zero-order valence-electron chi connectivity index (χ0n) is 18.5. The smallest absolute Gasteiger partial charge is 0.481 e. The Morgan fingerprint density at radius 1 is 1.11 bits per heavy atom. The zero-order chi connectivity index (χ0) is 26.0. The van der Waals surface area contributed by atoms with Crippen molar-refractivity contribution in [1.29, 1.82) is 0 Å². The molecule has 3 aromatic rings. The van der Waals surface area contributed by atoms with E-state index >= 15 is 0 Å². The van der Waals surface area contributed by atoms with Gasteiger partial charge in [-0.1, -0.05) is 29.8 Å². The summed E-state index contributed by atoms with van der Waals surface area (Å²) < 4.78 is 43.4. The number of hydrogen-bond donors (Lipinski definition) is 2. The van der Waals surface area contributed by atoms with E-state index < -0.39 is 41.4 Å². The Morgan fingerprint density at radius 2 is 1.77 bits per heavy atom. The monoisotopic (exact) mass is 512 g/mol. The number of halogens is 4. The van der Waals surface area contributed by atoms with Gasteiger partial charge in [0.05, 0.1) is 17.6 Å². The number of aliphatic carboxylic acids is 1. The summed E-state index contributed by atoms with van der Waals surface area (Å²) in [5.74, 6) is -1.76. The fraction of sp³-hybridized carbons (Fsp3) is 0.273. The van der Waals surface area contributed by atoms with E-state index in [0.29, 0.717) is 10.6 Å². The molecule has 0 saturated heterocycles. The molecule has 186 valence electrons. The van der Waals surface area contributed by atoms with Crippen LogP contribution in [0.15, 0.2) is 63.1 Å². The summed E-state index contributed by atoms with van der Waals surface area (Å²) >= 11 is 5.91. The molecule has 2 aromatic carbocycles. The maximum absolute atomic E-state index is 13.3. The van der Waals surface area contributed by atoms with Gasteiger partial charge in [0.15, 0.2) is 0 Å². The van der Waals surface area contributed by atoms with Crippen LogP contribution < -0.4 is 21.7 Å². The lowest BCUT2D eigenvalue weighted by atomic mass is 9.94. The average molecular weight is 513 g/mol. The van der Waals surface area contributed by atoms with Crippen LogP contribution in [-0.2, 0) is 17.9 Å². The van der Waals surface area contributed by atoms with Crippen LogP contribution in [0.4, 0.5) is 18.9 Å². The highest BCUT2D eigenvalue weighted by Gasteiger charge is 2.31. The highest BCUT2D eigenvalue weighted by molar-refractivity contribution is 6.30. The maximum Gasteiger partial charge on any atom is 0.573 e. The highest BCUT2D eigenvalue weighted by atomic mass is 35.5. The van der Waals surface area contributed by atoms with E-state index in [4.69, 9.17) is 11.6 Å². The molecule has 0 radical (unpaired) electrons. The third kappa shape index (κ3) is 6.63. The normalized spacial score (nSPS) is 12.6. The number of nitrogens with one attached hydrogen (secondary N) is 1. The first-order chi connectivity index (χ1) is 16.2. The molecule has 0 unspecified atom stereocenters. The Labute approximate surface area is 200 Å². The number of rotatable bonds is 7. The number of nitrogens with zero attached hydrogens (tertiary/aromatic N) is 3. The highest BCUT2D eigenvalue weighted by Crippen LogP contribution is 2.26. The Morgan fingerprint density at radius 3 is 2.37 bits per heavy atom. The van der Waals surface area contributed by atoms with E-state index in [0.717, 1.165) is 21.3 Å². The summed E-state index contributed by atoms with van der Waals surface area (Å²) in [6.07, 6.45) is -4.92. The number of H-pyrrole nitrogens is 1. The fourth-order valence-corrected chi connectivity index (χ4v) is 3.16. The maximum atomic E-state index is 13.3. The molecule has 0 bridgehead atoms. The van der Waals surface area contributed by atoms with Crippen LogP contribution in [0.25, 0.3) is 0 Å². The van der Waals surface area contributed by atoms with Gasteiger partial charge < -0.3 is 9.84 Å². The van der Waals surface area contributed by atoms with Gasteiger partial charge in [-0.2, -0.15) is 0 Å². The second-order valence-electron chi connectivity index (χ2n) is 8.18. The summed E-state index contributed by atoms with van der Waals surface area (Å²) in [5.41, 5.74) is -2.94. The number of aromatic nitrogens is 3. The van der Waals surface area contributed by atoms with Gasteiger partial charge in [-0.25, -0.2) is 19.1 Å². The number of carboxylic acids is 1. The second-order valence-corrected chi connectivity index (χ2v) is 8.62. The Balaban J connectivity index is 2.19. The lowest BCUT2D eigenvalue weighted by Gasteiger charge is -2.20. The van der Waals surface area contributed by atoms with Gasteiger partial charge in [0.1, 0.15) is 5.75 Å². The number of alkyl halides is 3. The summed E-state index contributed by atoms with van der Waals surface area (Å²) in [6, 6.07) is 11.1. The van der Waals surface area contributed by atoms with Gasteiger partial charge >= 0.3 is 23.7 Å². The van der Waals surface area contributed by atoms with Gasteiger partial charge in [-0.15, -0.1) is 13.2 Å². The molecule has 0 amide bonds. The first-order valence-corrected chi connectivity index (χ1v) is 10.5. The third-order valence-electron chi connectivity index (χ3n) is 4.85. The molecule has 0 aliphatic carbocycles. The summed E-state index contributed by atoms with van der Waals surface area (Å²) in [4.78, 5) is 44.1. The molecule has 1 aromatic heterocycles. The van der Waals surface area contributed by atoms with Crippen LogP contribution in [0.3, 0.4) is 0 Å². The number of aromatic amines is 1. The molecule has 35 heavy (non-hydrogen) atoms. The number of benzene rings is 2. The van der Waals surface area contributed by atoms with E-state index in [1.54, 1.807) is 24.3 Å². The lowest BCUT2D eigenvalue weighted by Crippen LogP contribution is -2.52. The Hall–Kier alpha value is -3.80. The minimum atomic E-state index is -4.92. The van der Waals surface area contributed by atoms with Crippen molar-refractivity contribution in [2.75, 3.05) is 0 Å². The predicted octanol–water partition coefficient (Wildman–Crippen LogP) is 3.28. The van der Waals surface area contributed by atoms with Crippen molar-refractivity contribution in [3.63, 3.8) is 0 Å². The van der Waals surface area contributed by atoms with Crippen molar-refractivity contribution in [3.05, 3.63) is 85.7 Å². The molecule has 9 nitrogen and oxygen atoms in total. The summed E-state index contributed by atoms with van der Waals surface area (Å²) in [7, 11) is 0. The van der Waals surface area contributed by atoms with E-state index in [9.17, 15) is 32.7 Å². The fourth-order valence-electron chi connectivity index (χ4n) is 3.03. The first kappa shape index (κ1) is 25.8. The van der Waals surface area contributed by atoms with E-state index in [2.05, 4.69) is 14.7 Å². The number of hydrogen-bond acceptors (Lipinski definition) is 5. The van der Waals surface area contributed by atoms with Crippen LogP contribution in [0.2, 0.25) is 5.02 Å². The number of ether oxygens (including phenoxy) is 1. The van der Waals surface area contributed by atoms with Gasteiger partial charge in [-0.05, 0) is 43.7 Å². The quantitative estimate of drug-likeness (QED) is 0.503. The SMILES string of the molecule is CC(C)(Cn1c(=O)[nH]/c(=N\c2cccc(OC(F)(F)F)c2)n(Cc2ccc(Cl)cc2)c1=O)C(=O)O. The first-order valence-electron chi connectivity index (χ1n) is 10.1. The minimum absolute atomic E-state index is 0.0322. The van der Waals surface area contributed by atoms with Gasteiger partial charge in [0, 0.05) is 17.6 Å². The topological polar surface area (TPSA) is 119 Å². The van der Waals surface area contributed by atoms with Crippen LogP contribution in [-0.4, -0.2) is 31.6 Å². The van der Waals surface area contributed by atoms with Crippen LogP contribution in [0, 0.1) is 5.41 Å². The second kappa shape index (κ2) is 9.82. The zero-order valence-corrected chi connectivity index (χ0v) is 19.2. The summed E-state index contributed by atoms with van der Waals surface area (Å²) in [6.45, 7) is 2.18. The molecule has 2 N–H and O–H groups in total. The standard InChI is InChI=1S/C22H20ClF3N4O5/c1-21(2,17(31)32)12-30-19(33)28-18(27-15-4-3-5-16(10-15)35-22(24,25)26)29(20(30)34)11-13-6-8-14(23)9-7-13/h3-10H,11-12H2,1-2H3,(H,31,32)(H,27,28,33). The van der Waals surface area contributed by atoms with E-state index in [-0.39, 0.29) is 17.9 Å². The number of carboxylic acid groups (broad SMARTS) is 1. The van der Waals surface area contributed by atoms with Gasteiger partial charge in [-0.3, -0.25) is 14.3 Å². The van der Waals surface area contributed by atoms with E-state index in [1.807, 2.05) is 0 Å². The molecule has 0 fully saturated rings. The van der Waals surface area contributed by atoms with Crippen molar-refractivity contribution < 1.29 is 27.8 Å². The molecule has 1 heterocycles. The Bertz CT molecular complexity index is 1420. The minimum Gasteiger partial charge on any atom is -0.481 e. The van der Waals surface area contributed by atoms with Crippen molar-refractivity contribution in [2.24, 2.45) is 10.4 Å². The predicted molar refractivity (Wildman–Crippen MR) is 120 cm³/mol. The Kier molecular flexibility index (Phi) is 7.25. The van der Waals surface area contributed by atoms with Crippen molar-refractivity contribution in [1.82, 2.24) is 14.1 Å². The van der Waals surface area contributed by atoms with Crippen molar-refractivity contribution in [3.8, 4) is 5.75 Å². The molecular formula is C22H20ClF3N4O5. The third-order valence-corrected chi connectivity index (χ3v) is 5.11. The molecule has 0 atom stereocenters. The average Bonchev–Trinajstić information content (AvgIpc) is 2.74. The van der Waals surface area contributed by atoms with Crippen LogP contribution in [0.5, 0.6) is 5.75 Å².